The Morgan fingerprint density at radius 2 is 2.03 bits per heavy atom. The van der Waals surface area contributed by atoms with Gasteiger partial charge in [-0.1, -0.05) is 6.92 Å². The predicted octanol–water partition coefficient (Wildman–Crippen LogP) is 1.65. The lowest BCUT2D eigenvalue weighted by Crippen LogP contribution is -2.49. The molecule has 33 heavy (non-hydrogen) atoms. The molecule has 0 saturated carbocycles. The fourth-order valence-electron chi connectivity index (χ4n) is 3.51. The zero-order valence-electron chi connectivity index (χ0n) is 19.3. The van der Waals surface area contributed by atoms with Crippen LogP contribution >= 0.6 is 0 Å². The van der Waals surface area contributed by atoms with E-state index in [1.165, 1.54) is 6.20 Å². The smallest absolute Gasteiger partial charge is 0.270 e. The molecular weight excluding hydrogens is 424 g/mol. The first-order valence-electron chi connectivity index (χ1n) is 11.1. The molecule has 1 aliphatic rings. The summed E-state index contributed by atoms with van der Waals surface area (Å²) >= 11 is 0. The Labute approximate surface area is 193 Å². The van der Waals surface area contributed by atoms with Gasteiger partial charge >= 0.3 is 0 Å². The van der Waals surface area contributed by atoms with Crippen molar-refractivity contribution in [3.8, 4) is 11.8 Å². The largest absolute Gasteiger partial charge is 0.486 e. The standard InChI is InChI=1S/C23H30N6O4/c1-4-19(33-20-14-26-27-23(31)17(20)3)15-32-16(2)11-22(30)29-9-7-28(8-10-29)21-6-5-18(12-24)13-25-21/h5-6,13-14,16,19H,4,7-11,15H2,1-3H3,(H,27,31)/t16-,19-/m1/s1. The van der Waals surface area contributed by atoms with E-state index in [2.05, 4.69) is 26.2 Å². The van der Waals surface area contributed by atoms with Gasteiger partial charge in [0.2, 0.25) is 5.91 Å². The van der Waals surface area contributed by atoms with Crippen LogP contribution in [0.15, 0.2) is 29.3 Å². The quantitative estimate of drug-likeness (QED) is 0.606. The number of aromatic nitrogens is 3. The van der Waals surface area contributed by atoms with E-state index in [-0.39, 0.29) is 30.1 Å². The van der Waals surface area contributed by atoms with Crippen LogP contribution in [0.3, 0.4) is 0 Å². The van der Waals surface area contributed by atoms with Crippen LogP contribution in [0.25, 0.3) is 0 Å². The van der Waals surface area contributed by atoms with E-state index in [1.807, 2.05) is 24.8 Å². The molecule has 0 aromatic carbocycles. The van der Waals surface area contributed by atoms with Crippen LogP contribution in [-0.2, 0) is 9.53 Å². The molecule has 3 heterocycles. The molecule has 1 N–H and O–H groups in total. The van der Waals surface area contributed by atoms with Crippen molar-refractivity contribution in [2.45, 2.75) is 45.8 Å². The average molecular weight is 455 g/mol. The highest BCUT2D eigenvalue weighted by Crippen LogP contribution is 2.17. The maximum atomic E-state index is 12.7. The van der Waals surface area contributed by atoms with Gasteiger partial charge in [-0.25, -0.2) is 10.1 Å². The Bertz CT molecular complexity index is 1020. The highest BCUT2D eigenvalue weighted by atomic mass is 16.5. The highest BCUT2D eigenvalue weighted by Gasteiger charge is 2.24. The normalized spacial score (nSPS) is 15.6. The summed E-state index contributed by atoms with van der Waals surface area (Å²) < 4.78 is 11.8. The van der Waals surface area contributed by atoms with E-state index in [9.17, 15) is 9.59 Å². The summed E-state index contributed by atoms with van der Waals surface area (Å²) in [6, 6.07) is 5.65. The fourth-order valence-corrected chi connectivity index (χ4v) is 3.51. The minimum atomic E-state index is -0.280. The van der Waals surface area contributed by atoms with Crippen molar-refractivity contribution in [1.29, 1.82) is 5.26 Å². The molecule has 0 bridgehead atoms. The molecule has 2 atom stereocenters. The number of amides is 1. The number of piperazine rings is 1. The van der Waals surface area contributed by atoms with E-state index in [4.69, 9.17) is 14.7 Å². The van der Waals surface area contributed by atoms with Gasteiger partial charge in [-0.3, -0.25) is 9.59 Å². The van der Waals surface area contributed by atoms with Crippen LogP contribution < -0.4 is 15.2 Å². The monoisotopic (exact) mass is 454 g/mol. The highest BCUT2D eigenvalue weighted by molar-refractivity contribution is 5.77. The fraction of sp³-hybridized carbons (Fsp3) is 0.522. The topological polar surface area (TPSA) is 124 Å². The van der Waals surface area contributed by atoms with Gasteiger partial charge in [0.15, 0.2) is 0 Å². The number of hydrogen-bond acceptors (Lipinski definition) is 8. The number of hydrogen-bond donors (Lipinski definition) is 1. The number of nitrogens with one attached hydrogen (secondary N) is 1. The van der Waals surface area contributed by atoms with Gasteiger partial charge in [0, 0.05) is 32.4 Å². The second kappa shape index (κ2) is 11.4. The molecule has 176 valence electrons. The van der Waals surface area contributed by atoms with E-state index in [1.54, 1.807) is 19.2 Å². The lowest BCUT2D eigenvalue weighted by Gasteiger charge is -2.36. The van der Waals surface area contributed by atoms with Crippen molar-refractivity contribution < 1.29 is 14.3 Å². The van der Waals surface area contributed by atoms with Gasteiger partial charge in [-0.2, -0.15) is 10.4 Å². The first kappa shape index (κ1) is 24.2. The lowest BCUT2D eigenvalue weighted by molar-refractivity contribution is -0.134. The minimum Gasteiger partial charge on any atom is -0.486 e. The van der Waals surface area contributed by atoms with Gasteiger partial charge in [0.05, 0.1) is 36.5 Å². The molecule has 10 heteroatoms. The van der Waals surface area contributed by atoms with Gasteiger partial charge in [0.25, 0.3) is 5.56 Å². The lowest BCUT2D eigenvalue weighted by atomic mass is 10.2. The molecule has 1 fully saturated rings. The third-order valence-electron chi connectivity index (χ3n) is 5.67. The van der Waals surface area contributed by atoms with Crippen LogP contribution in [0.5, 0.6) is 5.75 Å². The summed E-state index contributed by atoms with van der Waals surface area (Å²) in [5, 5.41) is 15.0. The summed E-state index contributed by atoms with van der Waals surface area (Å²) in [7, 11) is 0. The van der Waals surface area contributed by atoms with E-state index >= 15 is 0 Å². The number of carbonyl (C=O) groups is 1. The van der Waals surface area contributed by atoms with Crippen LogP contribution in [0.2, 0.25) is 0 Å². The first-order chi connectivity index (χ1) is 15.9. The number of H-pyrrole nitrogens is 1. The molecule has 10 nitrogen and oxygen atoms in total. The molecule has 1 aliphatic heterocycles. The molecule has 0 radical (unpaired) electrons. The predicted molar refractivity (Wildman–Crippen MR) is 122 cm³/mol. The summed E-state index contributed by atoms with van der Waals surface area (Å²) in [4.78, 5) is 32.7. The molecule has 2 aromatic rings. The van der Waals surface area contributed by atoms with Gasteiger partial charge in [-0.05, 0) is 32.4 Å². The van der Waals surface area contributed by atoms with Gasteiger partial charge in [0.1, 0.15) is 23.7 Å². The molecular formula is C23H30N6O4. The molecule has 0 spiro atoms. The van der Waals surface area contributed by atoms with Crippen LogP contribution in [0.4, 0.5) is 5.82 Å². The maximum absolute atomic E-state index is 12.7. The summed E-state index contributed by atoms with van der Waals surface area (Å²) in [5.41, 5.74) is 0.723. The zero-order valence-corrected chi connectivity index (χ0v) is 19.3. The maximum Gasteiger partial charge on any atom is 0.270 e. The third kappa shape index (κ3) is 6.52. The molecule has 1 saturated heterocycles. The molecule has 0 aliphatic carbocycles. The Morgan fingerprint density at radius 3 is 2.67 bits per heavy atom. The Morgan fingerprint density at radius 1 is 1.27 bits per heavy atom. The SMILES string of the molecule is CC[C@H](CO[C@H](C)CC(=O)N1CCN(c2ccc(C#N)cn2)CC1)Oc1cn[nH]c(=O)c1C. The Kier molecular flexibility index (Phi) is 8.38. The second-order valence-electron chi connectivity index (χ2n) is 8.07. The Balaban J connectivity index is 1.43. The molecule has 3 rings (SSSR count). The molecule has 2 aromatic heterocycles. The molecule has 0 unspecified atom stereocenters. The number of pyridine rings is 1. The molecule has 1 amide bonds. The number of nitrogens with zero attached hydrogens (tertiary/aromatic N) is 5. The zero-order chi connectivity index (χ0) is 23.8. The second-order valence-corrected chi connectivity index (χ2v) is 8.07. The Hall–Kier alpha value is -3.45. The van der Waals surface area contributed by atoms with Crippen molar-refractivity contribution in [2.24, 2.45) is 0 Å². The summed E-state index contributed by atoms with van der Waals surface area (Å²) in [5.74, 6) is 1.31. The van der Waals surface area contributed by atoms with E-state index < -0.39 is 0 Å². The summed E-state index contributed by atoms with van der Waals surface area (Å²) in [6.07, 6.45) is 3.53. The van der Waals surface area contributed by atoms with Crippen molar-refractivity contribution in [3.05, 3.63) is 46.0 Å². The van der Waals surface area contributed by atoms with E-state index in [0.717, 1.165) is 5.82 Å². The van der Waals surface area contributed by atoms with Crippen molar-refractivity contribution in [3.63, 3.8) is 0 Å². The third-order valence-corrected chi connectivity index (χ3v) is 5.67. The van der Waals surface area contributed by atoms with E-state index in [0.29, 0.717) is 56.1 Å². The van der Waals surface area contributed by atoms with Crippen molar-refractivity contribution in [2.75, 3.05) is 37.7 Å². The number of rotatable bonds is 9. The van der Waals surface area contributed by atoms with Crippen molar-refractivity contribution in [1.82, 2.24) is 20.1 Å². The summed E-state index contributed by atoms with van der Waals surface area (Å²) in [6.45, 7) is 8.46. The van der Waals surface area contributed by atoms with Gasteiger partial charge in [-0.15, -0.1) is 0 Å². The number of anilines is 1. The average Bonchev–Trinajstić information content (AvgIpc) is 2.84. The van der Waals surface area contributed by atoms with Crippen LogP contribution in [0.1, 0.15) is 37.8 Å². The van der Waals surface area contributed by atoms with Crippen LogP contribution in [0, 0.1) is 18.3 Å². The number of nitriles is 1. The number of carbonyl (C=O) groups excluding carboxylic acids is 1. The minimum absolute atomic E-state index is 0.0542. The van der Waals surface area contributed by atoms with Crippen LogP contribution in [-0.4, -0.2) is 71.0 Å². The first-order valence-corrected chi connectivity index (χ1v) is 11.1. The van der Waals surface area contributed by atoms with Gasteiger partial charge < -0.3 is 19.3 Å². The van der Waals surface area contributed by atoms with Crippen molar-refractivity contribution >= 4 is 11.7 Å². The number of ether oxygens (including phenoxy) is 2. The number of aromatic amines is 1.